The smallest absolute Gasteiger partial charge is 0.0544 e. The van der Waals surface area contributed by atoms with Crippen LogP contribution in [-0.4, -0.2) is 4.57 Å². The lowest BCUT2D eigenvalue weighted by atomic mass is 9.80. The number of anilines is 2. The van der Waals surface area contributed by atoms with E-state index in [9.17, 15) is 0 Å². The molecule has 0 fully saturated rings. The van der Waals surface area contributed by atoms with Gasteiger partial charge in [-0.1, -0.05) is 135 Å². The fourth-order valence-electron chi connectivity index (χ4n) is 8.54. The molecule has 51 heavy (non-hydrogen) atoms. The monoisotopic (exact) mass is 652 g/mol. The van der Waals surface area contributed by atoms with Crippen molar-refractivity contribution in [3.05, 3.63) is 187 Å². The molecule has 10 rings (SSSR count). The molecule has 1 aromatic heterocycles. The Labute approximate surface area is 298 Å². The summed E-state index contributed by atoms with van der Waals surface area (Å²) in [6, 6.07) is 64.1. The number of hydrogen-bond donors (Lipinski definition) is 1. The van der Waals surface area contributed by atoms with Gasteiger partial charge in [-0.3, -0.25) is 0 Å². The van der Waals surface area contributed by atoms with E-state index in [4.69, 9.17) is 0 Å². The minimum absolute atomic E-state index is 0.140. The predicted molar refractivity (Wildman–Crippen MR) is 216 cm³/mol. The Hall–Kier alpha value is -6.38. The lowest BCUT2D eigenvalue weighted by Gasteiger charge is -2.22. The highest BCUT2D eigenvalue weighted by Crippen LogP contribution is 2.53. The molecule has 1 heterocycles. The quantitative estimate of drug-likeness (QED) is 0.196. The zero-order valence-electron chi connectivity index (χ0n) is 28.7. The number of nitrogens with one attached hydrogen (secondary N) is 1. The van der Waals surface area contributed by atoms with Gasteiger partial charge in [0.2, 0.25) is 0 Å². The van der Waals surface area contributed by atoms with Crippen LogP contribution in [-0.2, 0) is 5.41 Å². The normalized spacial score (nSPS) is 13.1. The van der Waals surface area contributed by atoms with Crippen LogP contribution >= 0.6 is 0 Å². The predicted octanol–water partition coefficient (Wildman–Crippen LogP) is 13.3. The molecule has 242 valence electrons. The van der Waals surface area contributed by atoms with Crippen molar-refractivity contribution < 1.29 is 0 Å². The molecule has 0 spiro atoms. The number of hydrogen-bond acceptors (Lipinski definition) is 1. The van der Waals surface area contributed by atoms with Gasteiger partial charge in [0.1, 0.15) is 0 Å². The molecule has 0 saturated carbocycles. The Morgan fingerprint density at radius 1 is 0.471 bits per heavy atom. The molecular formula is C49H36N2. The van der Waals surface area contributed by atoms with Gasteiger partial charge in [0.05, 0.1) is 11.0 Å². The summed E-state index contributed by atoms with van der Waals surface area (Å²) in [5.74, 6) is 0. The lowest BCUT2D eigenvalue weighted by Crippen LogP contribution is -2.15. The van der Waals surface area contributed by atoms with Gasteiger partial charge in [-0.15, -0.1) is 0 Å². The minimum atomic E-state index is -0.140. The Morgan fingerprint density at radius 3 is 2.06 bits per heavy atom. The van der Waals surface area contributed by atoms with Crippen LogP contribution < -0.4 is 5.32 Å². The standard InChI is InChI=1S/C49H36N2/c1-49(2)43-21-10-8-20-40(43)41-26-28-46-47(48(41)49)42-31-35(24-27-45(42)51(46)38-25-23-32-13-6-7-14-34(32)30-38)33-15-12-16-36(29-33)39-19-9-11-22-44(39)50-37-17-4-3-5-18-37/h3-31,50H,1-2H3. The SMILES string of the molecule is CC1(C)c2ccccc2-c2ccc3c(c21)c1cc(-c2cccc(-c4ccccc4Nc4ccccc4)c2)ccc1n3-c1ccc2ccccc2c1. The van der Waals surface area contributed by atoms with Crippen molar-refractivity contribution in [1.29, 1.82) is 0 Å². The maximum absolute atomic E-state index is 3.64. The molecule has 0 bridgehead atoms. The van der Waals surface area contributed by atoms with Crippen molar-refractivity contribution in [2.45, 2.75) is 19.3 Å². The largest absolute Gasteiger partial charge is 0.355 e. The Kier molecular flexibility index (Phi) is 6.56. The van der Waals surface area contributed by atoms with E-state index in [1.807, 2.05) is 6.07 Å². The van der Waals surface area contributed by atoms with E-state index >= 15 is 0 Å². The summed E-state index contributed by atoms with van der Waals surface area (Å²) < 4.78 is 2.47. The molecule has 0 aliphatic heterocycles. The van der Waals surface area contributed by atoms with Crippen LogP contribution in [0.1, 0.15) is 25.0 Å². The average molecular weight is 653 g/mol. The van der Waals surface area contributed by atoms with Gasteiger partial charge in [-0.25, -0.2) is 0 Å². The van der Waals surface area contributed by atoms with Crippen LogP contribution in [0.5, 0.6) is 0 Å². The summed E-state index contributed by atoms with van der Waals surface area (Å²) in [7, 11) is 0. The topological polar surface area (TPSA) is 17.0 Å². The van der Waals surface area contributed by atoms with Crippen molar-refractivity contribution in [3.63, 3.8) is 0 Å². The summed E-state index contributed by atoms with van der Waals surface area (Å²) in [5, 5.41) is 8.76. The molecule has 0 amide bonds. The molecule has 0 saturated heterocycles. The Morgan fingerprint density at radius 2 is 1.18 bits per heavy atom. The fraction of sp³-hybridized carbons (Fsp3) is 0.0612. The molecule has 0 radical (unpaired) electrons. The van der Waals surface area contributed by atoms with E-state index < -0.39 is 0 Å². The zero-order chi connectivity index (χ0) is 34.1. The average Bonchev–Trinajstić information content (AvgIpc) is 3.63. The fourth-order valence-corrected chi connectivity index (χ4v) is 8.54. The number of rotatable bonds is 5. The third-order valence-corrected chi connectivity index (χ3v) is 10.9. The van der Waals surface area contributed by atoms with Crippen molar-refractivity contribution >= 4 is 44.0 Å². The lowest BCUT2D eigenvalue weighted by molar-refractivity contribution is 0.666. The number of fused-ring (bicyclic) bond motifs is 8. The molecule has 1 N–H and O–H groups in total. The molecule has 8 aromatic carbocycles. The highest BCUT2D eigenvalue weighted by molar-refractivity contribution is 6.15. The first-order chi connectivity index (χ1) is 25.0. The molecule has 1 aliphatic rings. The van der Waals surface area contributed by atoms with Gasteiger partial charge in [-0.05, 0) is 104 Å². The molecule has 0 atom stereocenters. The Balaban J connectivity index is 1.19. The van der Waals surface area contributed by atoms with Gasteiger partial charge in [0.25, 0.3) is 0 Å². The van der Waals surface area contributed by atoms with Crippen molar-refractivity contribution in [1.82, 2.24) is 4.57 Å². The summed E-state index contributed by atoms with van der Waals surface area (Å²) in [5.41, 5.74) is 15.9. The number of para-hydroxylation sites is 2. The molecule has 1 aliphatic carbocycles. The third-order valence-electron chi connectivity index (χ3n) is 10.9. The van der Waals surface area contributed by atoms with Crippen LogP contribution in [0, 0.1) is 0 Å². The second-order valence-corrected chi connectivity index (χ2v) is 14.3. The maximum atomic E-state index is 3.64. The maximum Gasteiger partial charge on any atom is 0.0544 e. The Bertz CT molecular complexity index is 2800. The van der Waals surface area contributed by atoms with Crippen molar-refractivity contribution in [2.24, 2.45) is 0 Å². The van der Waals surface area contributed by atoms with E-state index in [0.717, 1.165) is 11.4 Å². The number of nitrogens with zero attached hydrogens (tertiary/aromatic N) is 1. The van der Waals surface area contributed by atoms with Gasteiger partial charge < -0.3 is 9.88 Å². The number of aromatic nitrogens is 1. The van der Waals surface area contributed by atoms with E-state index in [-0.39, 0.29) is 5.41 Å². The van der Waals surface area contributed by atoms with Gasteiger partial charge in [0, 0.05) is 38.8 Å². The molecule has 0 unspecified atom stereocenters. The van der Waals surface area contributed by atoms with Gasteiger partial charge >= 0.3 is 0 Å². The van der Waals surface area contributed by atoms with E-state index in [1.54, 1.807) is 0 Å². The number of benzene rings is 8. The van der Waals surface area contributed by atoms with E-state index in [2.05, 4.69) is 194 Å². The van der Waals surface area contributed by atoms with Crippen LogP contribution in [0.3, 0.4) is 0 Å². The molecule has 2 nitrogen and oxygen atoms in total. The van der Waals surface area contributed by atoms with Crippen molar-refractivity contribution in [2.75, 3.05) is 5.32 Å². The van der Waals surface area contributed by atoms with Gasteiger partial charge in [0.15, 0.2) is 0 Å². The summed E-state index contributed by atoms with van der Waals surface area (Å²) in [6.07, 6.45) is 0. The molecule has 2 heteroatoms. The zero-order valence-corrected chi connectivity index (χ0v) is 28.7. The first kappa shape index (κ1) is 29.5. The first-order valence-corrected chi connectivity index (χ1v) is 17.8. The van der Waals surface area contributed by atoms with Crippen molar-refractivity contribution in [3.8, 4) is 39.1 Å². The third kappa shape index (κ3) is 4.64. The van der Waals surface area contributed by atoms with Crippen LogP contribution in [0.4, 0.5) is 11.4 Å². The minimum Gasteiger partial charge on any atom is -0.355 e. The van der Waals surface area contributed by atoms with E-state index in [1.165, 1.54) is 82.8 Å². The van der Waals surface area contributed by atoms with Gasteiger partial charge in [-0.2, -0.15) is 0 Å². The summed E-state index contributed by atoms with van der Waals surface area (Å²) in [6.45, 7) is 4.79. The highest BCUT2D eigenvalue weighted by Gasteiger charge is 2.38. The van der Waals surface area contributed by atoms with Crippen LogP contribution in [0.2, 0.25) is 0 Å². The second kappa shape index (κ2) is 11.3. The first-order valence-electron chi connectivity index (χ1n) is 17.8. The second-order valence-electron chi connectivity index (χ2n) is 14.3. The molecule has 9 aromatic rings. The van der Waals surface area contributed by atoms with Crippen LogP contribution in [0.15, 0.2) is 176 Å². The summed E-state index contributed by atoms with van der Waals surface area (Å²) >= 11 is 0. The molecular weight excluding hydrogens is 617 g/mol. The van der Waals surface area contributed by atoms with E-state index in [0.29, 0.717) is 0 Å². The summed E-state index contributed by atoms with van der Waals surface area (Å²) in [4.78, 5) is 0. The van der Waals surface area contributed by atoms with Crippen LogP contribution in [0.25, 0.3) is 71.6 Å². The highest BCUT2D eigenvalue weighted by atomic mass is 15.0.